The average Bonchev–Trinajstić information content (AvgIpc) is 2.72. The quantitative estimate of drug-likeness (QED) is 0.515. The molecule has 0 radical (unpaired) electrons. The van der Waals surface area contributed by atoms with Crippen molar-refractivity contribution < 1.29 is 24.2 Å². The standard InChI is InChI=1S/C22H22N2O5/c1-4-14(2)29-19-9-8-15(11-20(19)28-3)10-17(13-23)21(25)24-18-7-5-6-16(12-18)22(26)27/h5-12,14H,4H2,1-3H3,(H,24,25)(H,26,27)/b17-10-/t14-/m0/s1. The number of rotatable bonds is 8. The molecule has 2 rings (SSSR count). The third-order valence-corrected chi connectivity index (χ3v) is 4.13. The number of amides is 1. The number of ether oxygens (including phenoxy) is 2. The van der Waals surface area contributed by atoms with Gasteiger partial charge in [0.2, 0.25) is 0 Å². The third kappa shape index (κ3) is 5.84. The molecule has 1 amide bonds. The lowest BCUT2D eigenvalue weighted by molar-refractivity contribution is -0.112. The van der Waals surface area contributed by atoms with Crippen LogP contribution < -0.4 is 14.8 Å². The minimum Gasteiger partial charge on any atom is -0.493 e. The van der Waals surface area contributed by atoms with Crippen LogP contribution in [0.15, 0.2) is 48.0 Å². The molecule has 0 aromatic heterocycles. The molecule has 0 fully saturated rings. The number of carbonyl (C=O) groups excluding carboxylic acids is 1. The number of carbonyl (C=O) groups is 2. The van der Waals surface area contributed by atoms with Gasteiger partial charge in [-0.2, -0.15) is 5.26 Å². The Kier molecular flexibility index (Phi) is 7.38. The van der Waals surface area contributed by atoms with E-state index in [9.17, 15) is 14.9 Å². The molecule has 2 aromatic carbocycles. The van der Waals surface area contributed by atoms with E-state index >= 15 is 0 Å². The molecular weight excluding hydrogens is 372 g/mol. The molecule has 0 spiro atoms. The maximum Gasteiger partial charge on any atom is 0.335 e. The monoisotopic (exact) mass is 394 g/mol. The van der Waals surface area contributed by atoms with Gasteiger partial charge in [-0.05, 0) is 55.3 Å². The number of benzene rings is 2. The number of nitriles is 1. The number of hydrogen-bond acceptors (Lipinski definition) is 5. The predicted molar refractivity (Wildman–Crippen MR) is 109 cm³/mol. The van der Waals surface area contributed by atoms with Crippen LogP contribution in [0.3, 0.4) is 0 Å². The summed E-state index contributed by atoms with van der Waals surface area (Å²) in [5.41, 5.74) is 0.769. The van der Waals surface area contributed by atoms with Crippen LogP contribution in [-0.4, -0.2) is 30.2 Å². The predicted octanol–water partition coefficient (Wildman–Crippen LogP) is 4.12. The first kappa shape index (κ1) is 21.5. The minimum atomic E-state index is -1.11. The summed E-state index contributed by atoms with van der Waals surface area (Å²) >= 11 is 0. The third-order valence-electron chi connectivity index (χ3n) is 4.13. The SMILES string of the molecule is CC[C@H](C)Oc1ccc(/C=C(/C#N)C(=O)Nc2cccc(C(=O)O)c2)cc1OC. The van der Waals surface area contributed by atoms with Gasteiger partial charge in [0.25, 0.3) is 5.91 Å². The summed E-state index contributed by atoms with van der Waals surface area (Å²) in [5.74, 6) is -0.684. The van der Waals surface area contributed by atoms with Crippen molar-refractivity contribution in [1.29, 1.82) is 5.26 Å². The van der Waals surface area contributed by atoms with Crippen LogP contribution in [-0.2, 0) is 4.79 Å². The van der Waals surface area contributed by atoms with Crippen molar-refractivity contribution in [2.75, 3.05) is 12.4 Å². The molecule has 0 heterocycles. The Hall–Kier alpha value is -3.79. The van der Waals surface area contributed by atoms with Gasteiger partial charge >= 0.3 is 5.97 Å². The second-order valence-electron chi connectivity index (χ2n) is 6.26. The van der Waals surface area contributed by atoms with E-state index in [0.29, 0.717) is 17.1 Å². The molecule has 0 aliphatic carbocycles. The second kappa shape index (κ2) is 9.95. The van der Waals surface area contributed by atoms with E-state index in [1.165, 1.54) is 31.4 Å². The Morgan fingerprint density at radius 3 is 2.62 bits per heavy atom. The zero-order valence-corrected chi connectivity index (χ0v) is 16.4. The fourth-order valence-electron chi connectivity index (χ4n) is 2.42. The zero-order valence-electron chi connectivity index (χ0n) is 16.4. The van der Waals surface area contributed by atoms with Crippen molar-refractivity contribution in [3.8, 4) is 17.6 Å². The van der Waals surface area contributed by atoms with Gasteiger partial charge < -0.3 is 19.9 Å². The van der Waals surface area contributed by atoms with E-state index in [2.05, 4.69) is 5.32 Å². The number of methoxy groups -OCH3 is 1. The van der Waals surface area contributed by atoms with E-state index in [1.54, 1.807) is 24.3 Å². The number of carboxylic acids is 1. The van der Waals surface area contributed by atoms with Crippen LogP contribution in [0.2, 0.25) is 0 Å². The second-order valence-corrected chi connectivity index (χ2v) is 6.26. The van der Waals surface area contributed by atoms with Gasteiger partial charge in [-0.25, -0.2) is 4.79 Å². The molecule has 0 aliphatic heterocycles. The average molecular weight is 394 g/mol. The van der Waals surface area contributed by atoms with Crippen LogP contribution in [0.5, 0.6) is 11.5 Å². The van der Waals surface area contributed by atoms with Gasteiger partial charge in [-0.3, -0.25) is 4.79 Å². The van der Waals surface area contributed by atoms with E-state index in [-0.39, 0.29) is 22.9 Å². The van der Waals surface area contributed by atoms with Crippen LogP contribution in [0.1, 0.15) is 36.2 Å². The first-order valence-corrected chi connectivity index (χ1v) is 8.99. The molecule has 29 heavy (non-hydrogen) atoms. The van der Waals surface area contributed by atoms with Crippen molar-refractivity contribution in [2.24, 2.45) is 0 Å². The lowest BCUT2D eigenvalue weighted by Gasteiger charge is -2.15. The lowest BCUT2D eigenvalue weighted by atomic mass is 10.1. The summed E-state index contributed by atoms with van der Waals surface area (Å²) in [4.78, 5) is 23.5. The molecule has 7 nitrogen and oxygen atoms in total. The van der Waals surface area contributed by atoms with Crippen molar-refractivity contribution >= 4 is 23.6 Å². The van der Waals surface area contributed by atoms with E-state index in [0.717, 1.165) is 6.42 Å². The highest BCUT2D eigenvalue weighted by molar-refractivity contribution is 6.10. The van der Waals surface area contributed by atoms with Gasteiger partial charge in [-0.15, -0.1) is 0 Å². The summed E-state index contributed by atoms with van der Waals surface area (Å²) in [6.07, 6.45) is 2.28. The first-order chi connectivity index (χ1) is 13.9. The number of hydrogen-bond donors (Lipinski definition) is 2. The van der Waals surface area contributed by atoms with Gasteiger partial charge in [0, 0.05) is 5.69 Å². The van der Waals surface area contributed by atoms with Gasteiger partial charge in [0.05, 0.1) is 18.8 Å². The van der Waals surface area contributed by atoms with Crippen LogP contribution in [0.25, 0.3) is 6.08 Å². The summed E-state index contributed by atoms with van der Waals surface area (Å²) in [7, 11) is 1.51. The van der Waals surface area contributed by atoms with E-state index in [4.69, 9.17) is 14.6 Å². The molecule has 7 heteroatoms. The molecule has 0 bridgehead atoms. The largest absolute Gasteiger partial charge is 0.493 e. The molecule has 2 aromatic rings. The van der Waals surface area contributed by atoms with E-state index in [1.807, 2.05) is 19.9 Å². The number of nitrogens with one attached hydrogen (secondary N) is 1. The Balaban J connectivity index is 2.24. The highest BCUT2D eigenvalue weighted by Crippen LogP contribution is 2.30. The fraction of sp³-hybridized carbons (Fsp3) is 0.227. The number of carboxylic acid groups (broad SMARTS) is 1. The summed E-state index contributed by atoms with van der Waals surface area (Å²) in [6, 6.07) is 12.8. The number of nitrogens with zero attached hydrogens (tertiary/aromatic N) is 1. The Morgan fingerprint density at radius 1 is 1.24 bits per heavy atom. The normalized spacial score (nSPS) is 11.9. The summed E-state index contributed by atoms with van der Waals surface area (Å²) in [6.45, 7) is 3.96. The molecule has 150 valence electrons. The highest BCUT2D eigenvalue weighted by Gasteiger charge is 2.13. The molecule has 0 unspecified atom stereocenters. The van der Waals surface area contributed by atoms with Crippen molar-refractivity contribution in [1.82, 2.24) is 0 Å². The number of aromatic carboxylic acids is 1. The molecule has 0 aliphatic rings. The fourth-order valence-corrected chi connectivity index (χ4v) is 2.42. The number of anilines is 1. The van der Waals surface area contributed by atoms with Gasteiger partial charge in [0.15, 0.2) is 11.5 Å². The van der Waals surface area contributed by atoms with Crippen LogP contribution in [0, 0.1) is 11.3 Å². The van der Waals surface area contributed by atoms with Crippen molar-refractivity contribution in [3.05, 3.63) is 59.2 Å². The lowest BCUT2D eigenvalue weighted by Crippen LogP contribution is -2.14. The molecular formula is C22H22N2O5. The molecule has 0 saturated heterocycles. The smallest absolute Gasteiger partial charge is 0.335 e. The van der Waals surface area contributed by atoms with Gasteiger partial charge in [-0.1, -0.05) is 19.1 Å². The first-order valence-electron chi connectivity index (χ1n) is 8.99. The zero-order chi connectivity index (χ0) is 21.4. The Labute approximate surface area is 169 Å². The molecule has 2 N–H and O–H groups in total. The van der Waals surface area contributed by atoms with Crippen LogP contribution in [0.4, 0.5) is 5.69 Å². The highest BCUT2D eigenvalue weighted by atomic mass is 16.5. The topological polar surface area (TPSA) is 109 Å². The maximum atomic E-state index is 12.4. The Morgan fingerprint density at radius 2 is 2.00 bits per heavy atom. The summed E-state index contributed by atoms with van der Waals surface area (Å²) < 4.78 is 11.1. The van der Waals surface area contributed by atoms with Crippen molar-refractivity contribution in [2.45, 2.75) is 26.4 Å². The summed E-state index contributed by atoms with van der Waals surface area (Å²) in [5, 5.41) is 21.0. The minimum absolute atomic E-state index is 0.0207. The molecule has 1 atom stereocenters. The molecule has 0 saturated carbocycles. The van der Waals surface area contributed by atoms with E-state index < -0.39 is 11.9 Å². The van der Waals surface area contributed by atoms with Crippen molar-refractivity contribution in [3.63, 3.8) is 0 Å². The van der Waals surface area contributed by atoms with Gasteiger partial charge in [0.1, 0.15) is 11.6 Å². The van der Waals surface area contributed by atoms with Crippen LogP contribution >= 0.6 is 0 Å². The maximum absolute atomic E-state index is 12.4. The Bertz CT molecular complexity index is 975.